The predicted octanol–water partition coefficient (Wildman–Crippen LogP) is 0.800. The smallest absolute Gasteiger partial charge is 0.243 e. The van der Waals surface area contributed by atoms with Crippen molar-refractivity contribution in [2.75, 3.05) is 26.2 Å². The Balaban J connectivity index is 1.63. The van der Waals surface area contributed by atoms with Crippen LogP contribution in [0.15, 0.2) is 48.1 Å². The Morgan fingerprint density at radius 1 is 1.27 bits per heavy atom. The highest BCUT2D eigenvalue weighted by Gasteiger charge is 2.30. The number of hydrogen-bond donors (Lipinski definition) is 1. The molecule has 1 fully saturated rings. The Bertz CT molecular complexity index is 928. The highest BCUT2D eigenvalue weighted by Crippen LogP contribution is 2.18. The van der Waals surface area contributed by atoms with Gasteiger partial charge >= 0.3 is 0 Å². The summed E-state index contributed by atoms with van der Waals surface area (Å²) in [7, 11) is -3.48. The van der Waals surface area contributed by atoms with E-state index in [-0.39, 0.29) is 4.90 Å². The number of halogens is 1. The molecule has 1 aromatic heterocycles. The van der Waals surface area contributed by atoms with E-state index in [1.807, 2.05) is 4.57 Å². The van der Waals surface area contributed by atoms with Crippen LogP contribution in [-0.2, 0) is 23.2 Å². The van der Waals surface area contributed by atoms with Crippen LogP contribution in [0.3, 0.4) is 0 Å². The largest absolute Gasteiger partial charge is 0.314 e. The molecule has 1 N–H and O–H groups in total. The van der Waals surface area contributed by atoms with Crippen LogP contribution in [0.2, 0.25) is 5.02 Å². The van der Waals surface area contributed by atoms with Crippen LogP contribution in [0, 0.1) is 4.77 Å². The van der Waals surface area contributed by atoms with Crippen LogP contribution >= 0.6 is 23.8 Å². The molecule has 2 heterocycles. The molecule has 1 aliphatic heterocycles. The van der Waals surface area contributed by atoms with Gasteiger partial charge in [-0.1, -0.05) is 17.7 Å². The number of nitrogens with one attached hydrogen (secondary N) is 1. The van der Waals surface area contributed by atoms with Gasteiger partial charge in [-0.05, 0) is 36.5 Å². The molecule has 2 aromatic rings. The zero-order valence-electron chi connectivity index (χ0n) is 14.2. The van der Waals surface area contributed by atoms with Crippen molar-refractivity contribution in [2.24, 2.45) is 0 Å². The van der Waals surface area contributed by atoms with Crippen molar-refractivity contribution in [1.82, 2.24) is 18.7 Å². The molecule has 140 valence electrons. The quantitative estimate of drug-likeness (QED) is 0.561. The van der Waals surface area contributed by atoms with E-state index in [2.05, 4.69) is 11.7 Å². The molecule has 0 spiro atoms. The zero-order chi connectivity index (χ0) is 18.7. The number of quaternary nitrogens is 1. The lowest BCUT2D eigenvalue weighted by Crippen LogP contribution is -3.14. The van der Waals surface area contributed by atoms with Crippen molar-refractivity contribution in [3.05, 3.63) is 53.0 Å². The number of nitrogens with zero attached hydrogens (tertiary/aromatic N) is 4. The molecule has 0 unspecified atom stereocenters. The lowest BCUT2D eigenvalue weighted by Gasteiger charge is -2.31. The van der Waals surface area contributed by atoms with Crippen molar-refractivity contribution in [2.45, 2.75) is 18.1 Å². The average molecular weight is 415 g/mol. The Morgan fingerprint density at radius 3 is 2.54 bits per heavy atom. The molecular weight excluding hydrogens is 394 g/mol. The first-order chi connectivity index (χ1) is 12.4. The standard InChI is InChI=1S/C16H20ClN5O2S2/c1-2-7-20-12-18-22(16(20)25)13-19-8-10-21(11-9-19)26(23,24)15-5-3-14(17)4-6-15/h2-6,12H,1,7-11,13H2/p+1. The summed E-state index contributed by atoms with van der Waals surface area (Å²) in [4.78, 5) is 1.52. The third-order valence-corrected chi connectivity index (χ3v) is 6.99. The number of rotatable bonds is 6. The second-order valence-corrected chi connectivity index (χ2v) is 8.86. The second-order valence-electron chi connectivity index (χ2n) is 6.12. The molecule has 7 nitrogen and oxygen atoms in total. The van der Waals surface area contributed by atoms with Crippen LogP contribution in [0.1, 0.15) is 0 Å². The summed E-state index contributed by atoms with van der Waals surface area (Å²) in [6, 6.07) is 6.28. The normalized spacial score (nSPS) is 16.7. The summed E-state index contributed by atoms with van der Waals surface area (Å²) >= 11 is 11.2. The van der Waals surface area contributed by atoms with E-state index in [0.717, 1.165) is 0 Å². The van der Waals surface area contributed by atoms with Gasteiger partial charge in [-0.15, -0.1) is 6.58 Å². The number of benzene rings is 1. The number of allylic oxidation sites excluding steroid dienone is 1. The Kier molecular flexibility index (Phi) is 5.93. The fourth-order valence-corrected chi connectivity index (χ4v) is 4.71. The van der Waals surface area contributed by atoms with Gasteiger partial charge in [0.25, 0.3) is 0 Å². The summed E-state index contributed by atoms with van der Waals surface area (Å²) in [6.07, 6.45) is 3.47. The Morgan fingerprint density at radius 2 is 1.92 bits per heavy atom. The van der Waals surface area contributed by atoms with Gasteiger partial charge in [0, 0.05) is 11.6 Å². The predicted molar refractivity (Wildman–Crippen MR) is 102 cm³/mol. The van der Waals surface area contributed by atoms with E-state index >= 15 is 0 Å². The van der Waals surface area contributed by atoms with E-state index in [4.69, 9.17) is 23.8 Å². The van der Waals surface area contributed by atoms with Gasteiger partial charge in [-0.25, -0.2) is 8.42 Å². The highest BCUT2D eigenvalue weighted by atomic mass is 35.5. The molecule has 0 amide bonds. The number of piperazine rings is 1. The van der Waals surface area contributed by atoms with Gasteiger partial charge in [-0.3, -0.25) is 0 Å². The van der Waals surface area contributed by atoms with E-state index in [1.54, 1.807) is 41.4 Å². The van der Waals surface area contributed by atoms with E-state index in [9.17, 15) is 8.42 Å². The number of sulfonamides is 1. The third-order valence-electron chi connectivity index (χ3n) is 4.38. The average Bonchev–Trinajstić information content (AvgIpc) is 2.96. The van der Waals surface area contributed by atoms with Gasteiger partial charge in [0.1, 0.15) is 6.33 Å². The SMILES string of the molecule is C=CCn1cnn(C[NH+]2CCN(S(=O)(=O)c3ccc(Cl)cc3)CC2)c1=S. The van der Waals surface area contributed by atoms with Crippen LogP contribution in [0.4, 0.5) is 0 Å². The molecule has 1 saturated heterocycles. The topological polar surface area (TPSA) is 64.6 Å². The van der Waals surface area contributed by atoms with Crippen LogP contribution in [0.25, 0.3) is 0 Å². The van der Waals surface area contributed by atoms with Crippen molar-refractivity contribution < 1.29 is 13.3 Å². The maximum atomic E-state index is 12.7. The van der Waals surface area contributed by atoms with Crippen LogP contribution < -0.4 is 4.90 Å². The maximum absolute atomic E-state index is 12.7. The van der Waals surface area contributed by atoms with Gasteiger partial charge in [0.05, 0.1) is 31.1 Å². The molecule has 0 saturated carbocycles. The minimum Gasteiger partial charge on any atom is -0.314 e. The zero-order valence-corrected chi connectivity index (χ0v) is 16.6. The molecule has 0 radical (unpaired) electrons. The van der Waals surface area contributed by atoms with E-state index in [1.165, 1.54) is 9.21 Å². The minimum absolute atomic E-state index is 0.274. The summed E-state index contributed by atoms with van der Waals surface area (Å²) in [5.41, 5.74) is 0. The summed E-state index contributed by atoms with van der Waals surface area (Å²) in [5, 5.41) is 4.83. The first-order valence-corrected chi connectivity index (χ1v) is 10.5. The molecule has 0 atom stereocenters. The minimum atomic E-state index is -3.48. The van der Waals surface area contributed by atoms with Crippen LogP contribution in [-0.4, -0.2) is 53.2 Å². The fraction of sp³-hybridized carbons (Fsp3) is 0.375. The van der Waals surface area contributed by atoms with Crippen LogP contribution in [0.5, 0.6) is 0 Å². The lowest BCUT2D eigenvalue weighted by atomic mass is 10.4. The van der Waals surface area contributed by atoms with Gasteiger partial charge in [0.2, 0.25) is 14.8 Å². The van der Waals surface area contributed by atoms with Crippen molar-refractivity contribution in [3.8, 4) is 0 Å². The van der Waals surface area contributed by atoms with Gasteiger partial charge < -0.3 is 9.47 Å². The first kappa shape index (κ1) is 19.2. The molecule has 10 heteroatoms. The van der Waals surface area contributed by atoms with Crippen molar-refractivity contribution in [1.29, 1.82) is 0 Å². The van der Waals surface area contributed by atoms with E-state index in [0.29, 0.717) is 49.2 Å². The molecular formula is C16H21ClN5O2S2+. The number of hydrogen-bond acceptors (Lipinski definition) is 4. The summed E-state index contributed by atoms with van der Waals surface area (Å²) in [6.45, 7) is 7.27. The molecule has 1 aromatic carbocycles. The molecule has 3 rings (SSSR count). The number of aromatic nitrogens is 3. The monoisotopic (exact) mass is 414 g/mol. The Hall–Kier alpha value is -1.52. The molecule has 0 aliphatic carbocycles. The van der Waals surface area contributed by atoms with Gasteiger partial charge in [0.15, 0.2) is 6.67 Å². The second kappa shape index (κ2) is 8.01. The van der Waals surface area contributed by atoms with Gasteiger partial charge in [-0.2, -0.15) is 14.1 Å². The maximum Gasteiger partial charge on any atom is 0.243 e. The first-order valence-electron chi connectivity index (χ1n) is 8.24. The third kappa shape index (κ3) is 4.07. The fourth-order valence-electron chi connectivity index (χ4n) is 2.91. The highest BCUT2D eigenvalue weighted by molar-refractivity contribution is 7.89. The summed E-state index contributed by atoms with van der Waals surface area (Å²) in [5.74, 6) is 0. The van der Waals surface area contributed by atoms with E-state index < -0.39 is 10.0 Å². The lowest BCUT2D eigenvalue weighted by molar-refractivity contribution is -0.926. The van der Waals surface area contributed by atoms with Crippen molar-refractivity contribution in [3.63, 3.8) is 0 Å². The molecule has 0 bridgehead atoms. The molecule has 1 aliphatic rings. The van der Waals surface area contributed by atoms with Crippen molar-refractivity contribution >= 4 is 33.8 Å². The summed E-state index contributed by atoms with van der Waals surface area (Å²) < 4.78 is 31.2. The molecule has 26 heavy (non-hydrogen) atoms. The Labute approximate surface area is 163 Å².